The van der Waals surface area contributed by atoms with Crippen LogP contribution in [0.1, 0.15) is 13.3 Å². The number of thiocarbonyl (C=S) groups is 1. The Labute approximate surface area is 97.0 Å². The van der Waals surface area contributed by atoms with Crippen LogP contribution in [0, 0.1) is 0 Å². The first-order valence-corrected chi connectivity index (χ1v) is 5.90. The molecule has 0 saturated carbocycles. The normalized spacial score (nSPS) is 21.5. The van der Waals surface area contributed by atoms with Gasteiger partial charge in [-0.3, -0.25) is 4.90 Å². The molecule has 1 heterocycles. The maximum absolute atomic E-state index is 9.18. The van der Waals surface area contributed by atoms with Gasteiger partial charge in [0.25, 0.3) is 0 Å². The van der Waals surface area contributed by atoms with Crippen LogP contribution in [-0.4, -0.2) is 65.3 Å². The molecule has 1 aliphatic rings. The van der Waals surface area contributed by atoms with Crippen LogP contribution < -0.4 is 5.73 Å². The van der Waals surface area contributed by atoms with Gasteiger partial charge in [-0.1, -0.05) is 12.2 Å². The quantitative estimate of drug-likeness (QED) is 0.634. The first-order valence-electron chi connectivity index (χ1n) is 5.49. The first kappa shape index (κ1) is 12.8. The predicted octanol–water partition coefficient (Wildman–Crippen LogP) is -0.339. The van der Waals surface area contributed by atoms with Crippen LogP contribution in [0.25, 0.3) is 0 Å². The lowest BCUT2D eigenvalue weighted by Gasteiger charge is -2.34. The SMILES string of the molecule is CC(O)CCN1CCN(CC(N)=S)CC1. The summed E-state index contributed by atoms with van der Waals surface area (Å²) in [5, 5.41) is 9.18. The highest BCUT2D eigenvalue weighted by Crippen LogP contribution is 2.03. The largest absolute Gasteiger partial charge is 0.393 e. The zero-order valence-corrected chi connectivity index (χ0v) is 10.2. The molecule has 0 bridgehead atoms. The molecule has 3 N–H and O–H groups in total. The highest BCUT2D eigenvalue weighted by atomic mass is 32.1. The summed E-state index contributed by atoms with van der Waals surface area (Å²) < 4.78 is 0. The van der Waals surface area contributed by atoms with E-state index in [0.717, 1.165) is 45.7 Å². The predicted molar refractivity (Wildman–Crippen MR) is 66.0 cm³/mol. The van der Waals surface area contributed by atoms with Gasteiger partial charge in [-0.25, -0.2) is 0 Å². The Balaban J connectivity index is 2.15. The summed E-state index contributed by atoms with van der Waals surface area (Å²) in [5.74, 6) is 0. The van der Waals surface area contributed by atoms with Gasteiger partial charge in [-0.2, -0.15) is 0 Å². The average Bonchev–Trinajstić information content (AvgIpc) is 2.16. The average molecular weight is 231 g/mol. The molecule has 0 spiro atoms. The molecule has 88 valence electrons. The number of aliphatic hydroxyl groups is 1. The van der Waals surface area contributed by atoms with Crippen LogP contribution in [0.3, 0.4) is 0 Å². The van der Waals surface area contributed by atoms with Crippen molar-refractivity contribution in [2.24, 2.45) is 5.73 Å². The van der Waals surface area contributed by atoms with E-state index in [-0.39, 0.29) is 6.10 Å². The summed E-state index contributed by atoms with van der Waals surface area (Å²) >= 11 is 4.88. The van der Waals surface area contributed by atoms with E-state index in [1.165, 1.54) is 0 Å². The second kappa shape index (κ2) is 6.37. The smallest absolute Gasteiger partial charge is 0.0870 e. The molecule has 15 heavy (non-hydrogen) atoms. The van der Waals surface area contributed by atoms with Crippen molar-refractivity contribution in [3.63, 3.8) is 0 Å². The van der Waals surface area contributed by atoms with Crippen molar-refractivity contribution in [2.75, 3.05) is 39.3 Å². The Morgan fingerprint density at radius 2 is 1.87 bits per heavy atom. The molecule has 0 aromatic heterocycles. The van der Waals surface area contributed by atoms with Gasteiger partial charge >= 0.3 is 0 Å². The fourth-order valence-electron chi connectivity index (χ4n) is 1.76. The van der Waals surface area contributed by atoms with E-state index in [9.17, 15) is 5.11 Å². The highest BCUT2D eigenvalue weighted by molar-refractivity contribution is 7.80. The molecule has 4 nitrogen and oxygen atoms in total. The molecule has 1 fully saturated rings. The molecular formula is C10H21N3OS. The van der Waals surface area contributed by atoms with Crippen LogP contribution in [-0.2, 0) is 0 Å². The van der Waals surface area contributed by atoms with E-state index in [1.807, 2.05) is 6.92 Å². The topological polar surface area (TPSA) is 52.7 Å². The Kier molecular flexibility index (Phi) is 5.45. The molecule has 0 aromatic carbocycles. The monoisotopic (exact) mass is 231 g/mol. The maximum Gasteiger partial charge on any atom is 0.0870 e. The van der Waals surface area contributed by atoms with Gasteiger partial charge in [0.1, 0.15) is 0 Å². The molecular weight excluding hydrogens is 210 g/mol. The minimum atomic E-state index is -0.195. The Hall–Kier alpha value is -0.230. The van der Waals surface area contributed by atoms with Crippen LogP contribution in [0.2, 0.25) is 0 Å². The van der Waals surface area contributed by atoms with Crippen LogP contribution in [0.4, 0.5) is 0 Å². The van der Waals surface area contributed by atoms with Gasteiger partial charge in [0.05, 0.1) is 11.1 Å². The molecule has 1 unspecified atom stereocenters. The summed E-state index contributed by atoms with van der Waals surface area (Å²) in [4.78, 5) is 5.23. The van der Waals surface area contributed by atoms with E-state index >= 15 is 0 Å². The second-order valence-electron chi connectivity index (χ2n) is 4.22. The Morgan fingerprint density at radius 1 is 1.33 bits per heavy atom. The third kappa shape index (κ3) is 5.41. The lowest BCUT2D eigenvalue weighted by molar-refractivity contribution is 0.116. The van der Waals surface area contributed by atoms with Crippen molar-refractivity contribution in [1.82, 2.24) is 9.80 Å². The third-order valence-electron chi connectivity index (χ3n) is 2.71. The number of rotatable bonds is 5. The lowest BCUT2D eigenvalue weighted by atomic mass is 10.2. The number of nitrogens with two attached hydrogens (primary N) is 1. The van der Waals surface area contributed by atoms with Crippen LogP contribution in [0.15, 0.2) is 0 Å². The number of hydrogen-bond donors (Lipinski definition) is 2. The summed E-state index contributed by atoms with van der Waals surface area (Å²) in [5.41, 5.74) is 5.50. The lowest BCUT2D eigenvalue weighted by Crippen LogP contribution is -2.48. The van der Waals surface area contributed by atoms with Gasteiger partial charge < -0.3 is 15.7 Å². The number of hydrogen-bond acceptors (Lipinski definition) is 4. The van der Waals surface area contributed by atoms with E-state index in [0.29, 0.717) is 4.99 Å². The standard InChI is InChI=1S/C10H21N3OS/c1-9(14)2-3-12-4-6-13(7-5-12)8-10(11)15/h9,14H,2-8H2,1H3,(H2,11,15). The molecule has 1 rings (SSSR count). The van der Waals surface area contributed by atoms with Crippen molar-refractivity contribution in [1.29, 1.82) is 0 Å². The van der Waals surface area contributed by atoms with Gasteiger partial charge in [0, 0.05) is 39.3 Å². The zero-order valence-electron chi connectivity index (χ0n) is 9.35. The van der Waals surface area contributed by atoms with E-state index in [4.69, 9.17) is 18.0 Å². The minimum absolute atomic E-state index is 0.195. The van der Waals surface area contributed by atoms with Crippen LogP contribution >= 0.6 is 12.2 Å². The fraction of sp³-hybridized carbons (Fsp3) is 0.900. The number of piperazine rings is 1. The first-order chi connectivity index (χ1) is 7.08. The van der Waals surface area contributed by atoms with Crippen molar-refractivity contribution in [3.8, 4) is 0 Å². The van der Waals surface area contributed by atoms with Gasteiger partial charge in [-0.15, -0.1) is 0 Å². The summed E-state index contributed by atoms with van der Waals surface area (Å²) in [6, 6.07) is 0. The van der Waals surface area contributed by atoms with E-state index in [2.05, 4.69) is 9.80 Å². The molecule has 1 aliphatic heterocycles. The van der Waals surface area contributed by atoms with Gasteiger partial charge in [-0.05, 0) is 13.3 Å². The van der Waals surface area contributed by atoms with Crippen molar-refractivity contribution < 1.29 is 5.11 Å². The second-order valence-corrected chi connectivity index (χ2v) is 4.75. The third-order valence-corrected chi connectivity index (χ3v) is 2.84. The number of aliphatic hydroxyl groups excluding tert-OH is 1. The summed E-state index contributed by atoms with van der Waals surface area (Å²) in [6.45, 7) is 7.71. The maximum atomic E-state index is 9.18. The Bertz CT molecular complexity index is 203. The minimum Gasteiger partial charge on any atom is -0.393 e. The molecule has 5 heteroatoms. The fourth-order valence-corrected chi connectivity index (χ4v) is 1.94. The molecule has 0 aromatic rings. The van der Waals surface area contributed by atoms with E-state index in [1.54, 1.807) is 0 Å². The Morgan fingerprint density at radius 3 is 2.33 bits per heavy atom. The molecule has 1 saturated heterocycles. The van der Waals surface area contributed by atoms with Crippen LogP contribution in [0.5, 0.6) is 0 Å². The van der Waals surface area contributed by atoms with Gasteiger partial charge in [0.2, 0.25) is 0 Å². The van der Waals surface area contributed by atoms with E-state index < -0.39 is 0 Å². The molecule has 0 radical (unpaired) electrons. The van der Waals surface area contributed by atoms with Crippen molar-refractivity contribution in [3.05, 3.63) is 0 Å². The zero-order chi connectivity index (χ0) is 11.3. The summed E-state index contributed by atoms with van der Waals surface area (Å²) in [7, 11) is 0. The molecule has 0 aliphatic carbocycles. The van der Waals surface area contributed by atoms with Crippen molar-refractivity contribution >= 4 is 17.2 Å². The molecule has 0 amide bonds. The number of nitrogens with zero attached hydrogens (tertiary/aromatic N) is 2. The van der Waals surface area contributed by atoms with Crippen molar-refractivity contribution in [2.45, 2.75) is 19.4 Å². The summed E-state index contributed by atoms with van der Waals surface area (Å²) in [6.07, 6.45) is 0.662. The van der Waals surface area contributed by atoms with Gasteiger partial charge in [0.15, 0.2) is 0 Å². The molecule has 1 atom stereocenters. The highest BCUT2D eigenvalue weighted by Gasteiger charge is 2.16.